The molecule has 0 bridgehead atoms. The highest BCUT2D eigenvalue weighted by atomic mass is 15.1. The van der Waals surface area contributed by atoms with Crippen LogP contribution in [0.2, 0.25) is 0 Å². The quantitative estimate of drug-likeness (QED) is 0.885. The van der Waals surface area contributed by atoms with Crippen LogP contribution in [0.1, 0.15) is 18.4 Å². The molecule has 6 heteroatoms. The number of hydrogen-bond donors (Lipinski definition) is 1. The molecule has 25 heavy (non-hydrogen) atoms. The second-order valence-corrected chi connectivity index (χ2v) is 6.31. The van der Waals surface area contributed by atoms with Crippen LogP contribution in [-0.4, -0.2) is 29.5 Å². The number of rotatable bonds is 2. The summed E-state index contributed by atoms with van der Waals surface area (Å²) in [7, 11) is 0. The zero-order valence-electron chi connectivity index (χ0n) is 14.0. The Bertz CT molecular complexity index is 848. The number of hydrogen-bond acceptors (Lipinski definition) is 6. The van der Waals surface area contributed by atoms with Crippen molar-refractivity contribution in [2.75, 3.05) is 19.6 Å². The Labute approximate surface area is 147 Å². The second-order valence-electron chi connectivity index (χ2n) is 6.31. The number of nitrogens with zero attached hydrogens (tertiary/aromatic N) is 5. The molecule has 2 atom stereocenters. The van der Waals surface area contributed by atoms with E-state index >= 15 is 0 Å². The van der Waals surface area contributed by atoms with Crippen molar-refractivity contribution in [1.29, 1.82) is 15.8 Å². The number of fused-ring (bicyclic) bond motifs is 1. The van der Waals surface area contributed by atoms with E-state index in [4.69, 9.17) is 5.73 Å². The minimum atomic E-state index is -1.60. The predicted molar refractivity (Wildman–Crippen MR) is 91.2 cm³/mol. The third-order valence-electron chi connectivity index (χ3n) is 5.24. The first-order chi connectivity index (χ1) is 12.1. The molecule has 0 saturated heterocycles. The van der Waals surface area contributed by atoms with E-state index in [1.165, 1.54) is 0 Å². The van der Waals surface area contributed by atoms with Gasteiger partial charge in [-0.2, -0.15) is 15.8 Å². The van der Waals surface area contributed by atoms with Gasteiger partial charge in [-0.3, -0.25) is 9.88 Å². The fourth-order valence-corrected chi connectivity index (χ4v) is 3.97. The van der Waals surface area contributed by atoms with E-state index in [-0.39, 0.29) is 17.2 Å². The van der Waals surface area contributed by atoms with Crippen LogP contribution >= 0.6 is 0 Å². The van der Waals surface area contributed by atoms with E-state index in [2.05, 4.69) is 28.9 Å². The lowest BCUT2D eigenvalue weighted by molar-refractivity contribution is 0.215. The minimum absolute atomic E-state index is 0.0618. The summed E-state index contributed by atoms with van der Waals surface area (Å²) in [4.78, 5) is 6.28. The van der Waals surface area contributed by atoms with Gasteiger partial charge in [-0.25, -0.2) is 0 Å². The van der Waals surface area contributed by atoms with Gasteiger partial charge in [0.1, 0.15) is 0 Å². The van der Waals surface area contributed by atoms with Gasteiger partial charge >= 0.3 is 0 Å². The number of aromatic nitrogens is 1. The molecular weight excluding hydrogens is 312 g/mol. The van der Waals surface area contributed by atoms with Crippen LogP contribution in [0, 0.1) is 45.3 Å². The van der Waals surface area contributed by atoms with Crippen molar-refractivity contribution in [2.45, 2.75) is 12.8 Å². The summed E-state index contributed by atoms with van der Waals surface area (Å²) in [5.74, 6) is -0.583. The van der Waals surface area contributed by atoms with Gasteiger partial charge in [0.25, 0.3) is 0 Å². The number of likely N-dealkylation sites (N-methyl/N-ethyl adjacent to an activating group) is 1. The summed E-state index contributed by atoms with van der Waals surface area (Å²) in [6.07, 6.45) is 5.32. The number of allylic oxidation sites excluding steroid dienone is 2. The van der Waals surface area contributed by atoms with Gasteiger partial charge in [-0.15, -0.1) is 0 Å². The molecule has 0 saturated carbocycles. The summed E-state index contributed by atoms with van der Waals surface area (Å²) in [5, 5.41) is 29.6. The lowest BCUT2D eigenvalue weighted by atomic mass is 9.57. The van der Waals surface area contributed by atoms with Crippen LogP contribution in [0.25, 0.3) is 0 Å². The van der Waals surface area contributed by atoms with Gasteiger partial charge in [-0.1, -0.05) is 13.0 Å². The molecule has 0 fully saturated rings. The van der Waals surface area contributed by atoms with Crippen molar-refractivity contribution in [3.05, 3.63) is 53.0 Å². The summed E-state index contributed by atoms with van der Waals surface area (Å²) < 4.78 is 0. The van der Waals surface area contributed by atoms with E-state index in [9.17, 15) is 15.8 Å². The summed E-state index contributed by atoms with van der Waals surface area (Å²) in [6.45, 7) is 4.38. The third kappa shape index (κ3) is 2.38. The molecule has 124 valence electrons. The lowest BCUT2D eigenvalue weighted by Crippen LogP contribution is -2.47. The van der Waals surface area contributed by atoms with Gasteiger partial charge < -0.3 is 5.73 Å². The first kappa shape index (κ1) is 16.7. The maximum atomic E-state index is 9.94. The summed E-state index contributed by atoms with van der Waals surface area (Å²) >= 11 is 0. The highest BCUT2D eigenvalue weighted by Gasteiger charge is 2.54. The number of pyridine rings is 1. The van der Waals surface area contributed by atoms with Crippen molar-refractivity contribution in [3.63, 3.8) is 0 Å². The van der Waals surface area contributed by atoms with Crippen LogP contribution in [0.4, 0.5) is 0 Å². The van der Waals surface area contributed by atoms with Gasteiger partial charge in [0.05, 0.1) is 29.5 Å². The SMILES string of the molecule is CCN1CC=C2C(N)=C(C#N)C(C#N)(C#N)C(c3ccncc3)C2C1. The Morgan fingerprint density at radius 3 is 2.52 bits per heavy atom. The molecule has 0 radical (unpaired) electrons. The molecule has 0 spiro atoms. The molecular formula is C19H18N6. The average molecular weight is 330 g/mol. The highest BCUT2D eigenvalue weighted by Crippen LogP contribution is 2.54. The molecule has 2 N–H and O–H groups in total. The third-order valence-corrected chi connectivity index (χ3v) is 5.24. The van der Waals surface area contributed by atoms with Gasteiger partial charge in [0, 0.05) is 37.3 Å². The Kier molecular flexibility index (Phi) is 4.28. The topological polar surface area (TPSA) is 114 Å². The molecule has 3 rings (SSSR count). The molecule has 1 aromatic heterocycles. The van der Waals surface area contributed by atoms with Gasteiger partial charge in [0.2, 0.25) is 0 Å². The smallest absolute Gasteiger partial charge is 0.187 e. The van der Waals surface area contributed by atoms with Crippen LogP contribution in [-0.2, 0) is 0 Å². The Morgan fingerprint density at radius 1 is 1.28 bits per heavy atom. The predicted octanol–water partition coefficient (Wildman–Crippen LogP) is 1.83. The molecule has 2 aliphatic rings. The van der Waals surface area contributed by atoms with Crippen molar-refractivity contribution in [2.24, 2.45) is 17.1 Å². The molecule has 2 unspecified atom stereocenters. The second kappa shape index (κ2) is 6.40. The van der Waals surface area contributed by atoms with Crippen molar-refractivity contribution >= 4 is 0 Å². The molecule has 2 heterocycles. The largest absolute Gasteiger partial charge is 0.398 e. The van der Waals surface area contributed by atoms with Crippen LogP contribution in [0.15, 0.2) is 47.4 Å². The zero-order valence-corrected chi connectivity index (χ0v) is 14.0. The maximum absolute atomic E-state index is 9.94. The van der Waals surface area contributed by atoms with Crippen molar-refractivity contribution < 1.29 is 0 Å². The Hall–Kier alpha value is -3.14. The van der Waals surface area contributed by atoms with Gasteiger partial charge in [-0.05, 0) is 29.8 Å². The van der Waals surface area contributed by atoms with Crippen molar-refractivity contribution in [1.82, 2.24) is 9.88 Å². The normalized spacial score (nSPS) is 25.1. The maximum Gasteiger partial charge on any atom is 0.187 e. The fraction of sp³-hybridized carbons (Fsp3) is 0.368. The zero-order chi connectivity index (χ0) is 18.0. The molecule has 0 aromatic carbocycles. The van der Waals surface area contributed by atoms with E-state index in [1.54, 1.807) is 12.4 Å². The van der Waals surface area contributed by atoms with Crippen molar-refractivity contribution in [3.8, 4) is 18.2 Å². The van der Waals surface area contributed by atoms with E-state index < -0.39 is 11.3 Å². The first-order valence-corrected chi connectivity index (χ1v) is 8.18. The molecule has 0 amide bonds. The monoisotopic (exact) mass is 330 g/mol. The average Bonchev–Trinajstić information content (AvgIpc) is 2.67. The minimum Gasteiger partial charge on any atom is -0.398 e. The molecule has 1 aliphatic heterocycles. The summed E-state index contributed by atoms with van der Waals surface area (Å²) in [5.41, 5.74) is 6.71. The standard InChI is InChI=1S/C19H18N6/c1-2-25-8-5-14-15(10-25)17(13-3-6-24-7-4-13)19(11-21,12-22)16(9-20)18(14)23/h3-7,15,17H,2,8,10,23H2,1H3. The molecule has 1 aliphatic carbocycles. The molecule has 6 nitrogen and oxygen atoms in total. The highest BCUT2D eigenvalue weighted by molar-refractivity contribution is 5.59. The van der Waals surface area contributed by atoms with Crippen LogP contribution in [0.5, 0.6) is 0 Å². The van der Waals surface area contributed by atoms with Crippen LogP contribution in [0.3, 0.4) is 0 Å². The van der Waals surface area contributed by atoms with Gasteiger partial charge in [0.15, 0.2) is 5.41 Å². The number of nitrogens with two attached hydrogens (primary N) is 1. The van der Waals surface area contributed by atoms with E-state index in [0.29, 0.717) is 6.54 Å². The lowest BCUT2D eigenvalue weighted by Gasteiger charge is -2.45. The van der Waals surface area contributed by atoms with E-state index in [1.807, 2.05) is 24.3 Å². The van der Waals surface area contributed by atoms with E-state index in [0.717, 1.165) is 24.2 Å². The fourth-order valence-electron chi connectivity index (χ4n) is 3.97. The Balaban J connectivity index is 2.31. The number of nitriles is 3. The van der Waals surface area contributed by atoms with Crippen LogP contribution < -0.4 is 5.73 Å². The molecule has 1 aromatic rings. The summed E-state index contributed by atoms with van der Waals surface area (Å²) in [6, 6.07) is 9.92. The first-order valence-electron chi connectivity index (χ1n) is 8.18. The Morgan fingerprint density at radius 2 is 1.96 bits per heavy atom.